The molecule has 3 aromatic rings. The Morgan fingerprint density at radius 3 is 2.24 bits per heavy atom. The Morgan fingerprint density at radius 2 is 1.52 bits per heavy atom. The van der Waals surface area contributed by atoms with Crippen LogP contribution in [0, 0.1) is 0 Å². The summed E-state index contributed by atoms with van der Waals surface area (Å²) in [7, 11) is 1.66. The summed E-state index contributed by atoms with van der Waals surface area (Å²) in [5.41, 5.74) is 1.73. The molecule has 3 heteroatoms. The summed E-state index contributed by atoms with van der Waals surface area (Å²) in [5.74, 6) is 0.814. The number of aliphatic hydroxyl groups excluding tert-OH is 1. The molecule has 0 aliphatic heterocycles. The molecular formula is C18H15BrO2. The highest BCUT2D eigenvalue weighted by atomic mass is 79.9. The highest BCUT2D eigenvalue weighted by Crippen LogP contribution is 2.35. The van der Waals surface area contributed by atoms with Crippen LogP contribution in [0.15, 0.2) is 65.1 Å². The number of hydrogen-bond acceptors (Lipinski definition) is 2. The van der Waals surface area contributed by atoms with E-state index < -0.39 is 6.10 Å². The average molecular weight is 343 g/mol. The zero-order valence-electron chi connectivity index (χ0n) is 11.6. The van der Waals surface area contributed by atoms with Crippen molar-refractivity contribution in [1.29, 1.82) is 0 Å². The number of rotatable bonds is 3. The smallest absolute Gasteiger partial charge is 0.126 e. The third-order valence-electron chi connectivity index (χ3n) is 3.63. The fourth-order valence-electron chi connectivity index (χ4n) is 2.58. The molecule has 21 heavy (non-hydrogen) atoms. The van der Waals surface area contributed by atoms with Gasteiger partial charge in [0.1, 0.15) is 11.9 Å². The van der Waals surface area contributed by atoms with E-state index in [-0.39, 0.29) is 0 Å². The molecule has 0 aliphatic carbocycles. The molecule has 3 rings (SSSR count). The minimum absolute atomic E-state index is 0.684. The van der Waals surface area contributed by atoms with Crippen LogP contribution in [0.3, 0.4) is 0 Å². The van der Waals surface area contributed by atoms with E-state index in [9.17, 15) is 5.11 Å². The van der Waals surface area contributed by atoms with Gasteiger partial charge < -0.3 is 9.84 Å². The minimum Gasteiger partial charge on any atom is -0.496 e. The minimum atomic E-state index is -0.684. The molecule has 3 aromatic carbocycles. The van der Waals surface area contributed by atoms with Gasteiger partial charge in [-0.1, -0.05) is 64.5 Å². The molecule has 0 amide bonds. The molecule has 2 nitrogen and oxygen atoms in total. The van der Waals surface area contributed by atoms with Crippen molar-refractivity contribution in [2.75, 3.05) is 7.11 Å². The van der Waals surface area contributed by atoms with E-state index in [0.717, 1.165) is 32.1 Å². The Labute approximate surface area is 132 Å². The molecule has 0 heterocycles. The topological polar surface area (TPSA) is 29.5 Å². The van der Waals surface area contributed by atoms with Crippen molar-refractivity contribution in [1.82, 2.24) is 0 Å². The fourth-order valence-corrected chi connectivity index (χ4v) is 3.08. The van der Waals surface area contributed by atoms with Gasteiger partial charge in [0.15, 0.2) is 0 Å². The van der Waals surface area contributed by atoms with Crippen LogP contribution < -0.4 is 4.74 Å². The Morgan fingerprint density at radius 1 is 0.857 bits per heavy atom. The van der Waals surface area contributed by atoms with Gasteiger partial charge in [-0.3, -0.25) is 0 Å². The summed E-state index contributed by atoms with van der Waals surface area (Å²) in [6.45, 7) is 0. The first kappa shape index (κ1) is 14.1. The molecule has 1 atom stereocenters. The van der Waals surface area contributed by atoms with E-state index in [0.29, 0.717) is 0 Å². The molecule has 0 saturated carbocycles. The Balaban J connectivity index is 2.19. The average Bonchev–Trinajstić information content (AvgIpc) is 2.53. The standard InChI is InChI=1S/C18H15BrO2/c1-21-17-11-10-14(12-6-2-3-7-13(12)17)18(20)15-8-4-5-9-16(15)19/h2-11,18,20H,1H3. The lowest BCUT2D eigenvalue weighted by Crippen LogP contribution is -2.02. The first-order valence-corrected chi connectivity index (χ1v) is 7.50. The van der Waals surface area contributed by atoms with Crippen molar-refractivity contribution < 1.29 is 9.84 Å². The van der Waals surface area contributed by atoms with Crippen LogP contribution in [0.2, 0.25) is 0 Å². The highest BCUT2D eigenvalue weighted by molar-refractivity contribution is 9.10. The Bertz CT molecular complexity index is 783. The number of methoxy groups -OCH3 is 1. The van der Waals surface area contributed by atoms with Crippen molar-refractivity contribution in [2.45, 2.75) is 6.10 Å². The van der Waals surface area contributed by atoms with Crippen molar-refractivity contribution >= 4 is 26.7 Å². The van der Waals surface area contributed by atoms with Crippen LogP contribution in [0.25, 0.3) is 10.8 Å². The van der Waals surface area contributed by atoms with E-state index >= 15 is 0 Å². The van der Waals surface area contributed by atoms with Gasteiger partial charge in [0, 0.05) is 9.86 Å². The van der Waals surface area contributed by atoms with Gasteiger partial charge in [-0.05, 0) is 28.6 Å². The van der Waals surface area contributed by atoms with Gasteiger partial charge in [-0.2, -0.15) is 0 Å². The van der Waals surface area contributed by atoms with E-state index in [2.05, 4.69) is 15.9 Å². The number of halogens is 1. The highest BCUT2D eigenvalue weighted by Gasteiger charge is 2.17. The van der Waals surface area contributed by atoms with Gasteiger partial charge in [0.25, 0.3) is 0 Å². The monoisotopic (exact) mass is 342 g/mol. The summed E-state index contributed by atoms with van der Waals surface area (Å²) in [4.78, 5) is 0. The second-order valence-electron chi connectivity index (χ2n) is 4.83. The third kappa shape index (κ3) is 2.55. The quantitative estimate of drug-likeness (QED) is 0.747. The maximum atomic E-state index is 10.8. The zero-order valence-corrected chi connectivity index (χ0v) is 13.2. The predicted molar refractivity (Wildman–Crippen MR) is 88.7 cm³/mol. The first-order chi connectivity index (χ1) is 10.2. The van der Waals surface area contributed by atoms with E-state index in [1.54, 1.807) is 7.11 Å². The van der Waals surface area contributed by atoms with Gasteiger partial charge in [-0.25, -0.2) is 0 Å². The van der Waals surface area contributed by atoms with Crippen LogP contribution in [0.4, 0.5) is 0 Å². The molecule has 0 bridgehead atoms. The van der Waals surface area contributed by atoms with Crippen LogP contribution in [-0.4, -0.2) is 12.2 Å². The Hall–Kier alpha value is -1.84. The van der Waals surface area contributed by atoms with Crippen molar-refractivity contribution in [2.24, 2.45) is 0 Å². The molecule has 0 aliphatic rings. The number of aliphatic hydroxyl groups is 1. The zero-order chi connectivity index (χ0) is 14.8. The summed E-state index contributed by atoms with van der Waals surface area (Å²) in [6, 6.07) is 19.5. The molecular weight excluding hydrogens is 328 g/mol. The number of fused-ring (bicyclic) bond motifs is 1. The van der Waals surface area contributed by atoms with Gasteiger partial charge >= 0.3 is 0 Å². The molecule has 1 unspecified atom stereocenters. The molecule has 0 saturated heterocycles. The lowest BCUT2D eigenvalue weighted by molar-refractivity contribution is 0.221. The largest absolute Gasteiger partial charge is 0.496 e. The van der Waals surface area contributed by atoms with Gasteiger partial charge in [-0.15, -0.1) is 0 Å². The third-order valence-corrected chi connectivity index (χ3v) is 4.35. The fraction of sp³-hybridized carbons (Fsp3) is 0.111. The molecule has 106 valence electrons. The van der Waals surface area contributed by atoms with Gasteiger partial charge in [0.2, 0.25) is 0 Å². The normalized spacial score (nSPS) is 12.3. The number of hydrogen-bond donors (Lipinski definition) is 1. The van der Waals surface area contributed by atoms with Crippen LogP contribution in [0.5, 0.6) is 5.75 Å². The first-order valence-electron chi connectivity index (χ1n) is 6.70. The lowest BCUT2D eigenvalue weighted by atomic mass is 9.95. The van der Waals surface area contributed by atoms with E-state index in [4.69, 9.17) is 4.74 Å². The summed E-state index contributed by atoms with van der Waals surface area (Å²) >= 11 is 3.50. The summed E-state index contributed by atoms with van der Waals surface area (Å²) < 4.78 is 6.30. The van der Waals surface area contributed by atoms with Crippen molar-refractivity contribution in [3.63, 3.8) is 0 Å². The van der Waals surface area contributed by atoms with Gasteiger partial charge in [0.05, 0.1) is 7.11 Å². The lowest BCUT2D eigenvalue weighted by Gasteiger charge is -2.17. The Kier molecular flexibility index (Phi) is 3.95. The van der Waals surface area contributed by atoms with Crippen LogP contribution in [0.1, 0.15) is 17.2 Å². The second kappa shape index (κ2) is 5.88. The SMILES string of the molecule is COc1ccc(C(O)c2ccccc2Br)c2ccccc12. The maximum Gasteiger partial charge on any atom is 0.126 e. The predicted octanol–water partition coefficient (Wildman–Crippen LogP) is 4.69. The van der Waals surface area contributed by atoms with Crippen molar-refractivity contribution in [3.05, 3.63) is 76.3 Å². The summed E-state index contributed by atoms with van der Waals surface area (Å²) in [5, 5.41) is 12.8. The molecule has 0 spiro atoms. The molecule has 0 aromatic heterocycles. The molecule has 1 N–H and O–H groups in total. The second-order valence-corrected chi connectivity index (χ2v) is 5.68. The number of benzene rings is 3. The summed E-state index contributed by atoms with van der Waals surface area (Å²) in [6.07, 6.45) is -0.684. The maximum absolute atomic E-state index is 10.8. The number of ether oxygens (including phenoxy) is 1. The van der Waals surface area contributed by atoms with E-state index in [1.807, 2.05) is 60.7 Å². The van der Waals surface area contributed by atoms with Crippen molar-refractivity contribution in [3.8, 4) is 5.75 Å². The molecule has 0 radical (unpaired) electrons. The van der Waals surface area contributed by atoms with Crippen LogP contribution in [-0.2, 0) is 0 Å². The van der Waals surface area contributed by atoms with E-state index in [1.165, 1.54) is 0 Å². The van der Waals surface area contributed by atoms with Crippen LogP contribution >= 0.6 is 15.9 Å². The molecule has 0 fully saturated rings.